The summed E-state index contributed by atoms with van der Waals surface area (Å²) in [5.41, 5.74) is 15.3. The lowest BCUT2D eigenvalue weighted by Gasteiger charge is -2.23. The predicted octanol–water partition coefficient (Wildman–Crippen LogP) is 16.7. The molecule has 12 rings (SSSR count). The maximum atomic E-state index is 5.63. The molecule has 0 radical (unpaired) electrons. The molecule has 0 atom stereocenters. The average Bonchev–Trinajstić information content (AvgIpc) is 3.41. The summed E-state index contributed by atoms with van der Waals surface area (Å²) in [6.07, 6.45) is 0. The quantitative estimate of drug-likeness (QED) is 0.143. The summed E-state index contributed by atoms with van der Waals surface area (Å²) in [4.78, 5) is 16.2. The Balaban J connectivity index is 1.08. The molecule has 2 heterocycles. The van der Waals surface area contributed by atoms with Crippen molar-refractivity contribution in [3.05, 3.63) is 249 Å². The molecule has 0 saturated heterocycles. The first kappa shape index (κ1) is 38.9. The third-order valence-corrected chi connectivity index (χ3v) is 12.7. The van der Waals surface area contributed by atoms with Crippen LogP contribution < -0.4 is 0 Å². The highest BCUT2D eigenvalue weighted by atomic mass is 14.9. The number of fused-ring (bicyclic) bond motifs is 6. The molecule has 0 unspecified atom stereocenters. The summed E-state index contributed by atoms with van der Waals surface area (Å²) < 4.78 is 0. The van der Waals surface area contributed by atoms with Crippen LogP contribution in [0.5, 0.6) is 0 Å². The highest BCUT2D eigenvalue weighted by Crippen LogP contribution is 2.49. The molecule has 0 bridgehead atoms. The van der Waals surface area contributed by atoms with E-state index in [0.717, 1.165) is 84.0 Å². The van der Waals surface area contributed by atoms with Crippen molar-refractivity contribution in [3.63, 3.8) is 0 Å². The third kappa shape index (κ3) is 7.00. The maximum Gasteiger partial charge on any atom is 0.160 e. The molecule has 0 fully saturated rings. The van der Waals surface area contributed by atoms with Crippen molar-refractivity contribution in [2.75, 3.05) is 0 Å². The lowest BCUT2D eigenvalue weighted by molar-refractivity contribution is 1.18. The molecule has 308 valence electrons. The van der Waals surface area contributed by atoms with Crippen molar-refractivity contribution < 1.29 is 0 Å². The van der Waals surface area contributed by atoms with E-state index in [0.29, 0.717) is 5.82 Å². The monoisotopic (exact) mass is 839 g/mol. The maximum absolute atomic E-state index is 5.63. The number of hydrogen-bond acceptors (Lipinski definition) is 3. The molecule has 10 aromatic carbocycles. The summed E-state index contributed by atoms with van der Waals surface area (Å²) in [5, 5.41) is 7.42. The van der Waals surface area contributed by atoms with E-state index in [-0.39, 0.29) is 0 Å². The smallest absolute Gasteiger partial charge is 0.160 e. The van der Waals surface area contributed by atoms with Gasteiger partial charge in [-0.25, -0.2) is 15.0 Å². The van der Waals surface area contributed by atoms with Crippen LogP contribution >= 0.6 is 0 Å². The van der Waals surface area contributed by atoms with Gasteiger partial charge in [-0.2, -0.15) is 0 Å². The van der Waals surface area contributed by atoms with Crippen LogP contribution in [0.3, 0.4) is 0 Å². The fraction of sp³-hybridized carbons (Fsp3) is 0. The van der Waals surface area contributed by atoms with Crippen LogP contribution in [0.4, 0.5) is 0 Å². The van der Waals surface area contributed by atoms with Crippen LogP contribution in [0.1, 0.15) is 0 Å². The zero-order chi connectivity index (χ0) is 43.8. The van der Waals surface area contributed by atoms with Crippen molar-refractivity contribution in [2.45, 2.75) is 0 Å². The van der Waals surface area contributed by atoms with Gasteiger partial charge in [0.05, 0.1) is 22.8 Å². The molecule has 3 nitrogen and oxygen atoms in total. The van der Waals surface area contributed by atoms with Crippen molar-refractivity contribution in [2.24, 2.45) is 0 Å². The Morgan fingerprint density at radius 2 is 0.530 bits per heavy atom. The van der Waals surface area contributed by atoms with Gasteiger partial charge in [-0.05, 0) is 61.1 Å². The van der Waals surface area contributed by atoms with E-state index in [4.69, 9.17) is 15.0 Å². The van der Waals surface area contributed by atoms with Gasteiger partial charge >= 0.3 is 0 Å². The molecule has 0 saturated carbocycles. The Bertz CT molecular complexity index is 3570. The summed E-state index contributed by atoms with van der Waals surface area (Å²) in [6.45, 7) is 0. The topological polar surface area (TPSA) is 38.7 Å². The number of hydrogen-bond donors (Lipinski definition) is 0. The van der Waals surface area contributed by atoms with Crippen molar-refractivity contribution in [3.8, 4) is 89.8 Å². The van der Waals surface area contributed by atoms with Gasteiger partial charge in [0, 0.05) is 44.5 Å². The summed E-state index contributed by atoms with van der Waals surface area (Å²) in [6, 6.07) is 88.1. The Kier molecular flexibility index (Phi) is 9.85. The molecule has 2 aromatic heterocycles. The predicted molar refractivity (Wildman–Crippen MR) is 276 cm³/mol. The number of rotatable bonds is 8. The molecular formula is C63H41N3. The third-order valence-electron chi connectivity index (χ3n) is 12.7. The van der Waals surface area contributed by atoms with Crippen LogP contribution in [0.25, 0.3) is 122 Å². The largest absolute Gasteiger partial charge is 0.246 e. The van der Waals surface area contributed by atoms with E-state index in [9.17, 15) is 0 Å². The lowest BCUT2D eigenvalue weighted by Crippen LogP contribution is -2.01. The van der Waals surface area contributed by atoms with Crippen LogP contribution in [-0.4, -0.2) is 15.0 Å². The molecule has 0 aliphatic heterocycles. The molecule has 0 amide bonds. The summed E-state index contributed by atoms with van der Waals surface area (Å²) in [7, 11) is 0. The number of benzene rings is 10. The minimum atomic E-state index is 0.683. The van der Waals surface area contributed by atoms with Crippen LogP contribution in [0.2, 0.25) is 0 Å². The Morgan fingerprint density at radius 1 is 0.197 bits per heavy atom. The van der Waals surface area contributed by atoms with Crippen LogP contribution in [0.15, 0.2) is 249 Å². The zero-order valence-corrected chi connectivity index (χ0v) is 36.0. The lowest BCUT2D eigenvalue weighted by atomic mass is 9.83. The van der Waals surface area contributed by atoms with E-state index in [1.165, 1.54) is 32.3 Å². The number of nitrogens with zero attached hydrogens (tertiary/aromatic N) is 3. The SMILES string of the molecule is c1ccc(-c2nc(-c3ccc(-c4c(-c5ccccc5)c(-c5ccccc5)nc(-c5ccccc5)c4-c4ccccc4)cc3)cc(-c3ccc4c5ccccc5c5ccccc5c4c3)n2)cc1. The molecule has 66 heavy (non-hydrogen) atoms. The average molecular weight is 840 g/mol. The van der Waals surface area contributed by atoms with Gasteiger partial charge in [-0.3, -0.25) is 0 Å². The second-order valence-corrected chi connectivity index (χ2v) is 16.7. The highest BCUT2D eigenvalue weighted by molar-refractivity contribution is 6.25. The Labute approximate surface area is 384 Å². The summed E-state index contributed by atoms with van der Waals surface area (Å²) >= 11 is 0. The van der Waals surface area contributed by atoms with Gasteiger partial charge < -0.3 is 0 Å². The van der Waals surface area contributed by atoms with E-state index < -0.39 is 0 Å². The normalized spacial score (nSPS) is 11.3. The van der Waals surface area contributed by atoms with Gasteiger partial charge in [-0.1, -0.05) is 237 Å². The molecule has 0 aliphatic rings. The van der Waals surface area contributed by atoms with Gasteiger partial charge in [0.2, 0.25) is 0 Å². The standard InChI is InChI=1S/C63H41N3/c1-6-20-43(21-7-1)59-58(60(44-22-8-2-9-23-44)62(47-26-12-4-13-27-47)66-61(59)46-24-10-3-11-25-46)45-36-34-42(35-37-45)56-41-57(65-63(64-56)48-28-14-5-15-29-48)49-38-39-54-52-32-17-16-30-50(52)51-31-18-19-33-53(51)55(54)40-49/h1-41H. The molecule has 0 spiro atoms. The van der Waals surface area contributed by atoms with Gasteiger partial charge in [0.15, 0.2) is 5.82 Å². The minimum absolute atomic E-state index is 0.683. The molecule has 0 N–H and O–H groups in total. The van der Waals surface area contributed by atoms with Gasteiger partial charge in [0.25, 0.3) is 0 Å². The Morgan fingerprint density at radius 3 is 1.00 bits per heavy atom. The van der Waals surface area contributed by atoms with Crippen molar-refractivity contribution in [1.82, 2.24) is 15.0 Å². The summed E-state index contributed by atoms with van der Waals surface area (Å²) in [5.74, 6) is 0.683. The highest BCUT2D eigenvalue weighted by Gasteiger charge is 2.25. The van der Waals surface area contributed by atoms with E-state index in [1.807, 2.05) is 18.2 Å². The van der Waals surface area contributed by atoms with Gasteiger partial charge in [-0.15, -0.1) is 0 Å². The van der Waals surface area contributed by atoms with Gasteiger partial charge in [0.1, 0.15) is 0 Å². The van der Waals surface area contributed by atoms with E-state index in [1.54, 1.807) is 0 Å². The number of aromatic nitrogens is 3. The first-order valence-electron chi connectivity index (χ1n) is 22.4. The van der Waals surface area contributed by atoms with E-state index >= 15 is 0 Å². The number of pyridine rings is 1. The fourth-order valence-corrected chi connectivity index (χ4v) is 9.59. The molecular weight excluding hydrogens is 799 g/mol. The van der Waals surface area contributed by atoms with Crippen LogP contribution in [-0.2, 0) is 0 Å². The first-order valence-corrected chi connectivity index (χ1v) is 22.4. The minimum Gasteiger partial charge on any atom is -0.246 e. The van der Waals surface area contributed by atoms with Crippen molar-refractivity contribution >= 4 is 32.3 Å². The first-order chi connectivity index (χ1) is 32.7. The Hall–Kier alpha value is -8.79. The fourth-order valence-electron chi connectivity index (χ4n) is 9.59. The van der Waals surface area contributed by atoms with Crippen molar-refractivity contribution in [1.29, 1.82) is 0 Å². The molecule has 12 aromatic rings. The second kappa shape index (κ2) is 16.7. The molecule has 0 aliphatic carbocycles. The van der Waals surface area contributed by atoms with E-state index in [2.05, 4.69) is 231 Å². The molecule has 3 heteroatoms. The second-order valence-electron chi connectivity index (χ2n) is 16.7. The van der Waals surface area contributed by atoms with Crippen LogP contribution in [0, 0.1) is 0 Å². The zero-order valence-electron chi connectivity index (χ0n) is 36.0.